The summed E-state index contributed by atoms with van der Waals surface area (Å²) in [5.41, 5.74) is 0. The number of benzene rings is 1. The summed E-state index contributed by atoms with van der Waals surface area (Å²) in [5.74, 6) is 2.75. The zero-order chi connectivity index (χ0) is 18.9. The van der Waals surface area contributed by atoms with Gasteiger partial charge < -0.3 is 13.9 Å². The van der Waals surface area contributed by atoms with E-state index in [1.807, 2.05) is 36.9 Å². The standard InChI is InChI=1S/C22H27BrO3S/c1-17-10-12-20(25-17)21(26-22-9-5-6-15-24-22)13-11-18(23)14-16-27-19-7-3-2-4-8-19/h2-4,7-8,10,12,14,21-22H,5-6,9,11,13,15-16H2,1H3/b18-14-. The lowest BCUT2D eigenvalue weighted by molar-refractivity contribution is -0.194. The monoisotopic (exact) mass is 450 g/mol. The average molecular weight is 451 g/mol. The molecule has 146 valence electrons. The highest BCUT2D eigenvalue weighted by atomic mass is 79.9. The molecule has 1 aromatic carbocycles. The van der Waals surface area contributed by atoms with Gasteiger partial charge in [0, 0.05) is 17.3 Å². The minimum atomic E-state index is -0.120. The molecule has 0 amide bonds. The minimum absolute atomic E-state index is 0.0791. The zero-order valence-corrected chi connectivity index (χ0v) is 18.1. The van der Waals surface area contributed by atoms with Crippen molar-refractivity contribution in [2.24, 2.45) is 0 Å². The van der Waals surface area contributed by atoms with Crippen LogP contribution in [0.15, 0.2) is 62.3 Å². The number of ether oxygens (including phenoxy) is 2. The molecule has 1 aliphatic heterocycles. The minimum Gasteiger partial charge on any atom is -0.464 e. The van der Waals surface area contributed by atoms with Crippen molar-refractivity contribution in [3.8, 4) is 0 Å². The van der Waals surface area contributed by atoms with Crippen molar-refractivity contribution in [1.82, 2.24) is 0 Å². The molecule has 2 aromatic rings. The van der Waals surface area contributed by atoms with Crippen molar-refractivity contribution in [3.05, 3.63) is 64.5 Å². The summed E-state index contributed by atoms with van der Waals surface area (Å²) in [6.07, 6.45) is 7.05. The molecule has 0 N–H and O–H groups in total. The Morgan fingerprint density at radius 3 is 2.81 bits per heavy atom. The topological polar surface area (TPSA) is 31.6 Å². The van der Waals surface area contributed by atoms with Gasteiger partial charge in [0.05, 0.1) is 0 Å². The molecule has 3 rings (SSSR count). The van der Waals surface area contributed by atoms with E-state index in [0.29, 0.717) is 0 Å². The molecule has 1 saturated heterocycles. The molecule has 2 unspecified atom stereocenters. The summed E-state index contributed by atoms with van der Waals surface area (Å²) in [6.45, 7) is 2.75. The summed E-state index contributed by atoms with van der Waals surface area (Å²) in [4.78, 5) is 1.29. The van der Waals surface area contributed by atoms with Gasteiger partial charge in [0.2, 0.25) is 0 Å². The first-order valence-corrected chi connectivity index (χ1v) is 11.3. The summed E-state index contributed by atoms with van der Waals surface area (Å²) in [5, 5.41) is 0. The van der Waals surface area contributed by atoms with Crippen LogP contribution in [0.5, 0.6) is 0 Å². The Morgan fingerprint density at radius 2 is 2.11 bits per heavy atom. The first kappa shape index (κ1) is 20.7. The van der Waals surface area contributed by atoms with Gasteiger partial charge in [-0.25, -0.2) is 0 Å². The second-order valence-electron chi connectivity index (χ2n) is 6.68. The van der Waals surface area contributed by atoms with E-state index in [2.05, 4.69) is 46.3 Å². The molecule has 0 radical (unpaired) electrons. The van der Waals surface area contributed by atoms with Gasteiger partial charge in [0.25, 0.3) is 0 Å². The zero-order valence-electron chi connectivity index (χ0n) is 15.7. The maximum absolute atomic E-state index is 6.25. The highest BCUT2D eigenvalue weighted by Gasteiger charge is 2.23. The molecule has 2 heterocycles. The van der Waals surface area contributed by atoms with E-state index in [9.17, 15) is 0 Å². The lowest BCUT2D eigenvalue weighted by Gasteiger charge is -2.27. The summed E-state index contributed by atoms with van der Waals surface area (Å²) in [6, 6.07) is 14.5. The molecule has 3 nitrogen and oxygen atoms in total. The fraction of sp³-hybridized carbons (Fsp3) is 0.455. The van der Waals surface area contributed by atoms with Crippen LogP contribution in [-0.4, -0.2) is 18.6 Å². The second-order valence-corrected chi connectivity index (χ2v) is 8.79. The van der Waals surface area contributed by atoms with Crippen LogP contribution in [-0.2, 0) is 9.47 Å². The number of hydrogen-bond acceptors (Lipinski definition) is 4. The Hall–Kier alpha value is -1.01. The van der Waals surface area contributed by atoms with Gasteiger partial charge in [-0.3, -0.25) is 0 Å². The Morgan fingerprint density at radius 1 is 1.26 bits per heavy atom. The Kier molecular flexibility index (Phi) is 8.52. The number of allylic oxidation sites excluding steroid dienone is 1. The van der Waals surface area contributed by atoms with Crippen LogP contribution in [0.4, 0.5) is 0 Å². The second kappa shape index (κ2) is 11.1. The Balaban J connectivity index is 1.52. The maximum Gasteiger partial charge on any atom is 0.158 e. The van der Waals surface area contributed by atoms with E-state index >= 15 is 0 Å². The van der Waals surface area contributed by atoms with Crippen LogP contribution in [0.2, 0.25) is 0 Å². The largest absolute Gasteiger partial charge is 0.464 e. The SMILES string of the molecule is Cc1ccc(C(CC/C(Br)=C/CSc2ccccc2)OC2CCCCO2)o1. The Bertz CT molecular complexity index is 707. The van der Waals surface area contributed by atoms with E-state index < -0.39 is 0 Å². The number of furan rings is 1. The normalized spacial score (nSPS) is 19.2. The van der Waals surface area contributed by atoms with Gasteiger partial charge in [-0.05, 0) is 67.8 Å². The molecule has 0 saturated carbocycles. The van der Waals surface area contributed by atoms with Crippen LogP contribution in [0, 0.1) is 6.92 Å². The van der Waals surface area contributed by atoms with E-state index in [4.69, 9.17) is 13.9 Å². The van der Waals surface area contributed by atoms with Gasteiger partial charge in [-0.15, -0.1) is 11.8 Å². The van der Waals surface area contributed by atoms with Crippen molar-refractivity contribution in [1.29, 1.82) is 0 Å². The van der Waals surface area contributed by atoms with Crippen molar-refractivity contribution >= 4 is 27.7 Å². The number of rotatable bonds is 9. The van der Waals surface area contributed by atoms with Crippen LogP contribution in [0.1, 0.15) is 49.7 Å². The van der Waals surface area contributed by atoms with Crippen LogP contribution in [0.3, 0.4) is 0 Å². The molecule has 1 aliphatic rings. The van der Waals surface area contributed by atoms with E-state index in [0.717, 1.165) is 56.0 Å². The van der Waals surface area contributed by atoms with E-state index in [1.165, 1.54) is 9.38 Å². The Labute approximate surface area is 174 Å². The fourth-order valence-electron chi connectivity index (χ4n) is 3.02. The number of aryl methyl sites for hydroxylation is 1. The summed E-state index contributed by atoms with van der Waals surface area (Å²) >= 11 is 5.55. The molecule has 0 bridgehead atoms. The quantitative estimate of drug-likeness (QED) is 0.383. The summed E-state index contributed by atoms with van der Waals surface area (Å²) < 4.78 is 19.0. The highest BCUT2D eigenvalue weighted by molar-refractivity contribution is 9.11. The smallest absolute Gasteiger partial charge is 0.158 e. The molecule has 2 atom stereocenters. The lowest BCUT2D eigenvalue weighted by Crippen LogP contribution is -2.24. The van der Waals surface area contributed by atoms with Gasteiger partial charge in [0.1, 0.15) is 17.6 Å². The molecular weight excluding hydrogens is 424 g/mol. The molecule has 27 heavy (non-hydrogen) atoms. The third kappa shape index (κ3) is 7.15. The van der Waals surface area contributed by atoms with Crippen molar-refractivity contribution < 1.29 is 13.9 Å². The van der Waals surface area contributed by atoms with Crippen LogP contribution >= 0.6 is 27.7 Å². The van der Waals surface area contributed by atoms with Crippen molar-refractivity contribution in [2.45, 2.75) is 56.3 Å². The average Bonchev–Trinajstić information content (AvgIpc) is 3.13. The first-order chi connectivity index (χ1) is 13.2. The number of halogens is 1. The number of thioether (sulfide) groups is 1. The summed E-state index contributed by atoms with van der Waals surface area (Å²) in [7, 11) is 0. The highest BCUT2D eigenvalue weighted by Crippen LogP contribution is 2.31. The van der Waals surface area contributed by atoms with E-state index in [1.54, 1.807) is 0 Å². The molecule has 0 aliphatic carbocycles. The van der Waals surface area contributed by atoms with Crippen molar-refractivity contribution in [3.63, 3.8) is 0 Å². The van der Waals surface area contributed by atoms with Gasteiger partial charge in [0.15, 0.2) is 6.29 Å². The maximum atomic E-state index is 6.25. The predicted octanol–water partition coefficient (Wildman–Crippen LogP) is 7.02. The van der Waals surface area contributed by atoms with Gasteiger partial charge >= 0.3 is 0 Å². The molecule has 1 aromatic heterocycles. The molecule has 1 fully saturated rings. The predicted molar refractivity (Wildman–Crippen MR) is 114 cm³/mol. The third-order valence-electron chi connectivity index (χ3n) is 4.48. The molecular formula is C22H27BrO3S. The third-order valence-corrected chi connectivity index (χ3v) is 6.13. The van der Waals surface area contributed by atoms with Crippen molar-refractivity contribution in [2.75, 3.05) is 12.4 Å². The fourth-order valence-corrected chi connectivity index (χ4v) is 4.45. The molecule has 0 spiro atoms. The van der Waals surface area contributed by atoms with Gasteiger partial charge in [-0.1, -0.05) is 40.2 Å². The molecule has 5 heteroatoms. The van der Waals surface area contributed by atoms with E-state index in [-0.39, 0.29) is 12.4 Å². The lowest BCUT2D eigenvalue weighted by atomic mass is 10.1. The number of hydrogen-bond donors (Lipinski definition) is 0. The van der Waals surface area contributed by atoms with Crippen LogP contribution in [0.25, 0.3) is 0 Å². The van der Waals surface area contributed by atoms with Gasteiger partial charge in [-0.2, -0.15) is 0 Å². The van der Waals surface area contributed by atoms with Crippen LogP contribution < -0.4 is 0 Å². The first-order valence-electron chi connectivity index (χ1n) is 9.56.